The number of benzene rings is 1. The fourth-order valence-corrected chi connectivity index (χ4v) is 2.59. The number of halogens is 2. The zero-order valence-electron chi connectivity index (χ0n) is 10.3. The lowest BCUT2D eigenvalue weighted by molar-refractivity contribution is 0.174. The van der Waals surface area contributed by atoms with Crippen LogP contribution in [0.15, 0.2) is 41.1 Å². The van der Waals surface area contributed by atoms with Gasteiger partial charge in [0.25, 0.3) is 0 Å². The second kappa shape index (κ2) is 6.37. The number of aliphatic hydroxyl groups is 1. The fraction of sp³-hybridized carbons (Fsp3) is 0.214. The van der Waals surface area contributed by atoms with Crippen molar-refractivity contribution in [3.8, 4) is 5.75 Å². The van der Waals surface area contributed by atoms with Gasteiger partial charge < -0.3 is 9.84 Å². The number of hydrogen-bond acceptors (Lipinski definition) is 3. The van der Waals surface area contributed by atoms with Crippen LogP contribution >= 0.6 is 27.5 Å². The van der Waals surface area contributed by atoms with E-state index < -0.39 is 6.10 Å². The molecule has 0 saturated heterocycles. The van der Waals surface area contributed by atoms with Crippen LogP contribution in [0.4, 0.5) is 0 Å². The van der Waals surface area contributed by atoms with Crippen molar-refractivity contribution in [2.24, 2.45) is 0 Å². The van der Waals surface area contributed by atoms with Crippen LogP contribution in [0.5, 0.6) is 5.75 Å². The number of rotatable bonds is 4. The van der Waals surface area contributed by atoms with Gasteiger partial charge in [0.1, 0.15) is 5.75 Å². The fourth-order valence-electron chi connectivity index (χ4n) is 1.84. The minimum atomic E-state index is -0.684. The van der Waals surface area contributed by atoms with E-state index in [2.05, 4.69) is 20.9 Å². The molecule has 1 heterocycles. The van der Waals surface area contributed by atoms with Crippen molar-refractivity contribution >= 4 is 27.5 Å². The van der Waals surface area contributed by atoms with E-state index in [1.165, 1.54) is 0 Å². The van der Waals surface area contributed by atoms with E-state index in [0.29, 0.717) is 22.8 Å². The molecule has 0 aliphatic rings. The molecule has 0 bridgehead atoms. The van der Waals surface area contributed by atoms with Crippen LogP contribution in [0.3, 0.4) is 0 Å². The molecule has 0 radical (unpaired) electrons. The molecule has 0 spiro atoms. The highest BCUT2D eigenvalue weighted by Gasteiger charge is 2.15. The SMILES string of the molecule is COc1cnccc1C(O)Cc1ccc(Br)cc1Cl. The summed E-state index contributed by atoms with van der Waals surface area (Å²) in [7, 11) is 1.56. The van der Waals surface area contributed by atoms with Gasteiger partial charge in [-0.1, -0.05) is 33.6 Å². The van der Waals surface area contributed by atoms with Crippen LogP contribution in [-0.4, -0.2) is 17.2 Å². The lowest BCUT2D eigenvalue weighted by atomic mass is 10.0. The molecule has 2 rings (SSSR count). The maximum atomic E-state index is 10.3. The van der Waals surface area contributed by atoms with Gasteiger partial charge in [-0.15, -0.1) is 0 Å². The highest BCUT2D eigenvalue weighted by Crippen LogP contribution is 2.29. The monoisotopic (exact) mass is 341 g/mol. The van der Waals surface area contributed by atoms with Crippen LogP contribution in [0.2, 0.25) is 5.02 Å². The number of aromatic nitrogens is 1. The van der Waals surface area contributed by atoms with Gasteiger partial charge in [0, 0.05) is 27.7 Å². The second-order valence-electron chi connectivity index (χ2n) is 4.07. The molecule has 0 aliphatic carbocycles. The molecule has 1 atom stereocenters. The number of pyridine rings is 1. The predicted molar refractivity (Wildman–Crippen MR) is 78.6 cm³/mol. The van der Waals surface area contributed by atoms with Crippen molar-refractivity contribution in [3.05, 3.63) is 57.3 Å². The Balaban J connectivity index is 2.23. The summed E-state index contributed by atoms with van der Waals surface area (Å²) in [5, 5.41) is 10.9. The van der Waals surface area contributed by atoms with Gasteiger partial charge in [-0.3, -0.25) is 4.98 Å². The summed E-state index contributed by atoms with van der Waals surface area (Å²) in [6, 6.07) is 7.35. The first-order valence-electron chi connectivity index (χ1n) is 5.71. The minimum Gasteiger partial charge on any atom is -0.495 e. The van der Waals surface area contributed by atoms with Crippen molar-refractivity contribution in [1.82, 2.24) is 4.98 Å². The normalized spacial score (nSPS) is 12.2. The summed E-state index contributed by atoms with van der Waals surface area (Å²) in [4.78, 5) is 3.97. The molecule has 3 nitrogen and oxygen atoms in total. The number of methoxy groups -OCH3 is 1. The zero-order chi connectivity index (χ0) is 13.8. The molecule has 0 amide bonds. The van der Waals surface area contributed by atoms with Crippen LogP contribution < -0.4 is 4.74 Å². The predicted octanol–water partition coefficient (Wildman–Crippen LogP) is 3.78. The van der Waals surface area contributed by atoms with Crippen molar-refractivity contribution < 1.29 is 9.84 Å². The topological polar surface area (TPSA) is 42.4 Å². The summed E-state index contributed by atoms with van der Waals surface area (Å²) < 4.78 is 6.10. The highest BCUT2D eigenvalue weighted by molar-refractivity contribution is 9.10. The molecular weight excluding hydrogens is 330 g/mol. The third-order valence-electron chi connectivity index (χ3n) is 2.82. The number of nitrogens with zero attached hydrogens (tertiary/aromatic N) is 1. The number of hydrogen-bond donors (Lipinski definition) is 1. The van der Waals surface area contributed by atoms with E-state index in [-0.39, 0.29) is 0 Å². The number of ether oxygens (including phenoxy) is 1. The molecular formula is C14H13BrClNO2. The second-order valence-corrected chi connectivity index (χ2v) is 5.40. The summed E-state index contributed by atoms with van der Waals surface area (Å²) in [5.74, 6) is 0.572. The third-order valence-corrected chi connectivity index (χ3v) is 3.67. The summed E-state index contributed by atoms with van der Waals surface area (Å²) in [6.45, 7) is 0. The van der Waals surface area contributed by atoms with E-state index in [1.54, 1.807) is 25.6 Å². The molecule has 0 aliphatic heterocycles. The summed E-state index contributed by atoms with van der Waals surface area (Å²) in [6.07, 6.45) is 2.95. The molecule has 1 N–H and O–H groups in total. The standard InChI is InChI=1S/C14H13BrClNO2/c1-19-14-8-17-5-4-11(14)13(18)6-9-2-3-10(15)7-12(9)16/h2-5,7-8,13,18H,6H2,1H3. The van der Waals surface area contributed by atoms with Crippen molar-refractivity contribution in [3.63, 3.8) is 0 Å². The van der Waals surface area contributed by atoms with Gasteiger partial charge >= 0.3 is 0 Å². The van der Waals surface area contributed by atoms with E-state index in [4.69, 9.17) is 16.3 Å². The lowest BCUT2D eigenvalue weighted by Gasteiger charge is -2.15. The average molecular weight is 343 g/mol. The van der Waals surface area contributed by atoms with Crippen LogP contribution in [0.1, 0.15) is 17.2 Å². The van der Waals surface area contributed by atoms with Gasteiger partial charge in [-0.05, 0) is 23.8 Å². The molecule has 0 saturated carbocycles. The Labute approximate surface area is 125 Å². The van der Waals surface area contributed by atoms with Gasteiger partial charge in [0.2, 0.25) is 0 Å². The van der Waals surface area contributed by atoms with Crippen molar-refractivity contribution in [2.75, 3.05) is 7.11 Å². The van der Waals surface area contributed by atoms with Gasteiger partial charge in [-0.2, -0.15) is 0 Å². The van der Waals surface area contributed by atoms with Gasteiger partial charge in [0.15, 0.2) is 0 Å². The first kappa shape index (κ1) is 14.3. The van der Waals surface area contributed by atoms with E-state index in [0.717, 1.165) is 10.0 Å². The largest absolute Gasteiger partial charge is 0.495 e. The molecule has 1 unspecified atom stereocenters. The minimum absolute atomic E-state index is 0.423. The third kappa shape index (κ3) is 3.47. The van der Waals surface area contributed by atoms with Crippen molar-refractivity contribution in [2.45, 2.75) is 12.5 Å². The Morgan fingerprint density at radius 2 is 2.21 bits per heavy atom. The lowest BCUT2D eigenvalue weighted by Crippen LogP contribution is -2.05. The number of aliphatic hydroxyl groups excluding tert-OH is 1. The molecule has 2 aromatic rings. The Kier molecular flexibility index (Phi) is 4.80. The smallest absolute Gasteiger partial charge is 0.142 e. The van der Waals surface area contributed by atoms with Gasteiger partial charge in [0.05, 0.1) is 19.4 Å². The molecule has 1 aromatic carbocycles. The zero-order valence-corrected chi connectivity index (χ0v) is 12.6. The van der Waals surface area contributed by atoms with Crippen molar-refractivity contribution in [1.29, 1.82) is 0 Å². The van der Waals surface area contributed by atoms with E-state index in [9.17, 15) is 5.11 Å². The Bertz CT molecular complexity index is 577. The first-order chi connectivity index (χ1) is 9.11. The maximum Gasteiger partial charge on any atom is 0.142 e. The molecule has 0 fully saturated rings. The van der Waals surface area contributed by atoms with E-state index >= 15 is 0 Å². The van der Waals surface area contributed by atoms with E-state index in [1.807, 2.05) is 18.2 Å². The molecule has 5 heteroatoms. The molecule has 1 aromatic heterocycles. The average Bonchev–Trinajstić information content (AvgIpc) is 2.41. The molecule has 100 valence electrons. The maximum absolute atomic E-state index is 10.3. The Morgan fingerprint density at radius 3 is 2.89 bits per heavy atom. The quantitative estimate of drug-likeness (QED) is 0.919. The first-order valence-corrected chi connectivity index (χ1v) is 6.89. The van der Waals surface area contributed by atoms with Crippen LogP contribution in [0, 0.1) is 0 Å². The molecule has 19 heavy (non-hydrogen) atoms. The Hall–Kier alpha value is -1.10. The summed E-state index contributed by atoms with van der Waals surface area (Å²) in [5.41, 5.74) is 1.59. The Morgan fingerprint density at radius 1 is 1.42 bits per heavy atom. The highest BCUT2D eigenvalue weighted by atomic mass is 79.9. The summed E-state index contributed by atoms with van der Waals surface area (Å²) >= 11 is 9.51. The van der Waals surface area contributed by atoms with Crippen LogP contribution in [0.25, 0.3) is 0 Å². The van der Waals surface area contributed by atoms with Gasteiger partial charge in [-0.25, -0.2) is 0 Å². The van der Waals surface area contributed by atoms with Crippen LogP contribution in [-0.2, 0) is 6.42 Å².